The third kappa shape index (κ3) is 5.30. The molecule has 0 saturated heterocycles. The normalized spacial score (nSPS) is 10.3. The van der Waals surface area contributed by atoms with E-state index < -0.39 is 0 Å². The minimum absolute atomic E-state index is 0.296. The first-order chi connectivity index (χ1) is 9.16. The van der Waals surface area contributed by atoms with E-state index in [0.717, 1.165) is 25.1 Å². The number of esters is 1. The number of ether oxygens (including phenoxy) is 2. The van der Waals surface area contributed by atoms with Gasteiger partial charge in [-0.2, -0.15) is 0 Å². The van der Waals surface area contributed by atoms with E-state index in [4.69, 9.17) is 9.47 Å². The summed E-state index contributed by atoms with van der Waals surface area (Å²) >= 11 is 0. The zero-order valence-corrected chi connectivity index (χ0v) is 12.0. The fraction of sp³-hybridized carbons (Fsp3) is 0.533. The second kappa shape index (κ2) is 8.53. The number of para-hydroxylation sites is 1. The summed E-state index contributed by atoms with van der Waals surface area (Å²) in [7, 11) is 3.81. The molecule has 1 aromatic carbocycles. The smallest absolute Gasteiger partial charge is 0.340 e. The predicted molar refractivity (Wildman–Crippen MR) is 76.8 cm³/mol. The van der Waals surface area contributed by atoms with Crippen molar-refractivity contribution in [2.24, 2.45) is 0 Å². The molecule has 0 bridgehead atoms. The molecule has 0 N–H and O–H groups in total. The summed E-state index contributed by atoms with van der Waals surface area (Å²) in [6, 6.07) is 7.41. The minimum atomic E-state index is -0.302. The number of benzene rings is 1. The van der Waals surface area contributed by atoms with Gasteiger partial charge in [-0.1, -0.05) is 25.5 Å². The van der Waals surface area contributed by atoms with Gasteiger partial charge in [0.2, 0.25) is 0 Å². The highest BCUT2D eigenvalue weighted by Crippen LogP contribution is 2.18. The molecule has 0 aliphatic rings. The van der Waals surface area contributed by atoms with Gasteiger partial charge in [0, 0.05) is 20.7 Å². The number of unbranched alkanes of at least 4 members (excludes halogenated alkanes) is 1. The third-order valence-corrected chi connectivity index (χ3v) is 2.71. The van der Waals surface area contributed by atoms with Crippen LogP contribution in [0.5, 0.6) is 0 Å². The quantitative estimate of drug-likeness (QED) is 0.535. The van der Waals surface area contributed by atoms with Crippen molar-refractivity contribution in [1.29, 1.82) is 0 Å². The Labute approximate surface area is 115 Å². The Morgan fingerprint density at radius 2 is 1.89 bits per heavy atom. The van der Waals surface area contributed by atoms with E-state index in [1.54, 1.807) is 6.07 Å². The lowest BCUT2D eigenvalue weighted by Gasteiger charge is -2.16. The van der Waals surface area contributed by atoms with Gasteiger partial charge in [-0.15, -0.1) is 0 Å². The largest absolute Gasteiger partial charge is 0.460 e. The van der Waals surface area contributed by atoms with Crippen LogP contribution in [-0.2, 0) is 9.47 Å². The SMILES string of the molecule is CCCCOCCOC(=O)c1ccccc1N(C)C. The molecule has 0 spiro atoms. The van der Waals surface area contributed by atoms with Gasteiger partial charge in [0.25, 0.3) is 0 Å². The Hall–Kier alpha value is -1.55. The summed E-state index contributed by atoms with van der Waals surface area (Å²) < 4.78 is 10.6. The molecule has 19 heavy (non-hydrogen) atoms. The first-order valence-corrected chi connectivity index (χ1v) is 6.68. The first kappa shape index (κ1) is 15.5. The first-order valence-electron chi connectivity index (χ1n) is 6.68. The molecule has 0 atom stereocenters. The molecular weight excluding hydrogens is 242 g/mol. The van der Waals surface area contributed by atoms with E-state index in [1.165, 1.54) is 0 Å². The van der Waals surface area contributed by atoms with Crippen LogP contribution in [0.1, 0.15) is 30.1 Å². The van der Waals surface area contributed by atoms with Crippen molar-refractivity contribution in [3.05, 3.63) is 29.8 Å². The summed E-state index contributed by atoms with van der Waals surface area (Å²) in [5, 5.41) is 0. The third-order valence-electron chi connectivity index (χ3n) is 2.71. The molecule has 0 aromatic heterocycles. The zero-order valence-electron chi connectivity index (χ0n) is 12.0. The van der Waals surface area contributed by atoms with Crippen molar-refractivity contribution in [3.63, 3.8) is 0 Å². The minimum Gasteiger partial charge on any atom is -0.460 e. The Morgan fingerprint density at radius 1 is 1.16 bits per heavy atom. The number of carbonyl (C=O) groups is 1. The van der Waals surface area contributed by atoms with Crippen LogP contribution in [0.3, 0.4) is 0 Å². The van der Waals surface area contributed by atoms with Crippen LogP contribution in [0.25, 0.3) is 0 Å². The van der Waals surface area contributed by atoms with Gasteiger partial charge in [0.1, 0.15) is 6.61 Å². The fourth-order valence-corrected chi connectivity index (χ4v) is 1.66. The van der Waals surface area contributed by atoms with Crippen molar-refractivity contribution in [2.75, 3.05) is 38.8 Å². The molecule has 0 unspecified atom stereocenters. The number of hydrogen-bond acceptors (Lipinski definition) is 4. The van der Waals surface area contributed by atoms with Crippen molar-refractivity contribution >= 4 is 11.7 Å². The summed E-state index contributed by atoms with van der Waals surface area (Å²) in [6.07, 6.45) is 2.15. The lowest BCUT2D eigenvalue weighted by Crippen LogP contribution is -2.17. The van der Waals surface area contributed by atoms with Crippen LogP contribution in [0.2, 0.25) is 0 Å². The van der Waals surface area contributed by atoms with Gasteiger partial charge in [-0.3, -0.25) is 0 Å². The lowest BCUT2D eigenvalue weighted by molar-refractivity contribution is 0.0314. The average Bonchev–Trinajstić information content (AvgIpc) is 2.42. The molecule has 0 heterocycles. The average molecular weight is 265 g/mol. The summed E-state index contributed by atoms with van der Waals surface area (Å²) in [4.78, 5) is 13.9. The molecule has 0 amide bonds. The summed E-state index contributed by atoms with van der Waals surface area (Å²) in [6.45, 7) is 3.59. The highest BCUT2D eigenvalue weighted by atomic mass is 16.6. The van der Waals surface area contributed by atoms with E-state index >= 15 is 0 Å². The lowest BCUT2D eigenvalue weighted by atomic mass is 10.1. The molecule has 1 aromatic rings. The van der Waals surface area contributed by atoms with Crippen molar-refractivity contribution in [3.8, 4) is 0 Å². The van der Waals surface area contributed by atoms with Gasteiger partial charge in [0.15, 0.2) is 0 Å². The molecule has 0 aliphatic heterocycles. The second-order valence-electron chi connectivity index (χ2n) is 4.51. The van der Waals surface area contributed by atoms with Crippen molar-refractivity contribution in [1.82, 2.24) is 0 Å². The number of rotatable bonds is 8. The zero-order chi connectivity index (χ0) is 14.1. The van der Waals surface area contributed by atoms with Gasteiger partial charge in [-0.25, -0.2) is 4.79 Å². The highest BCUT2D eigenvalue weighted by Gasteiger charge is 2.13. The van der Waals surface area contributed by atoms with Crippen LogP contribution >= 0.6 is 0 Å². The van der Waals surface area contributed by atoms with Gasteiger partial charge in [-0.05, 0) is 18.6 Å². The number of anilines is 1. The molecule has 0 radical (unpaired) electrons. The van der Waals surface area contributed by atoms with E-state index in [9.17, 15) is 4.79 Å². The Kier molecular flexibility index (Phi) is 6.97. The van der Waals surface area contributed by atoms with Crippen LogP contribution in [0, 0.1) is 0 Å². The molecule has 4 heteroatoms. The van der Waals surface area contributed by atoms with Crippen LogP contribution in [0.15, 0.2) is 24.3 Å². The molecule has 106 valence electrons. The van der Waals surface area contributed by atoms with Gasteiger partial charge >= 0.3 is 5.97 Å². The van der Waals surface area contributed by atoms with Crippen molar-refractivity contribution in [2.45, 2.75) is 19.8 Å². The fourth-order valence-electron chi connectivity index (χ4n) is 1.66. The molecule has 0 fully saturated rings. The van der Waals surface area contributed by atoms with E-state index in [-0.39, 0.29) is 5.97 Å². The Bertz CT molecular complexity index is 391. The van der Waals surface area contributed by atoms with E-state index in [0.29, 0.717) is 18.8 Å². The van der Waals surface area contributed by atoms with E-state index in [2.05, 4.69) is 6.92 Å². The predicted octanol–water partition coefficient (Wildman–Crippen LogP) is 2.73. The molecule has 4 nitrogen and oxygen atoms in total. The van der Waals surface area contributed by atoms with Crippen LogP contribution in [0.4, 0.5) is 5.69 Å². The van der Waals surface area contributed by atoms with Crippen LogP contribution in [-0.4, -0.2) is 39.9 Å². The molecule has 0 aliphatic carbocycles. The second-order valence-corrected chi connectivity index (χ2v) is 4.51. The molecular formula is C15H23NO3. The van der Waals surface area contributed by atoms with E-state index in [1.807, 2.05) is 37.2 Å². The molecule has 1 rings (SSSR count). The van der Waals surface area contributed by atoms with Crippen molar-refractivity contribution < 1.29 is 14.3 Å². The Morgan fingerprint density at radius 3 is 2.58 bits per heavy atom. The maximum atomic E-state index is 12.0. The monoisotopic (exact) mass is 265 g/mol. The number of carbonyl (C=O) groups excluding carboxylic acids is 1. The number of nitrogens with zero attached hydrogens (tertiary/aromatic N) is 1. The van der Waals surface area contributed by atoms with Gasteiger partial charge < -0.3 is 14.4 Å². The standard InChI is InChI=1S/C15H23NO3/c1-4-5-10-18-11-12-19-15(17)13-8-6-7-9-14(13)16(2)3/h6-9H,4-5,10-12H2,1-3H3. The summed E-state index contributed by atoms with van der Waals surface area (Å²) in [5.74, 6) is -0.302. The Balaban J connectivity index is 2.41. The maximum Gasteiger partial charge on any atom is 0.340 e. The molecule has 0 saturated carbocycles. The van der Waals surface area contributed by atoms with Gasteiger partial charge in [0.05, 0.1) is 17.9 Å². The van der Waals surface area contributed by atoms with Crippen LogP contribution < -0.4 is 4.90 Å². The maximum absolute atomic E-state index is 12.0. The number of hydrogen-bond donors (Lipinski definition) is 0. The summed E-state index contributed by atoms with van der Waals surface area (Å²) in [5.41, 5.74) is 1.44. The highest BCUT2D eigenvalue weighted by molar-refractivity contribution is 5.95. The topological polar surface area (TPSA) is 38.8 Å².